The van der Waals surface area contributed by atoms with Crippen LogP contribution in [-0.4, -0.2) is 17.9 Å². The number of esters is 1. The number of fused-ring (bicyclic) bond motifs is 1. The average molecular weight is 194 g/mol. The first kappa shape index (κ1) is 9.44. The molecule has 2 atom stereocenters. The highest BCUT2D eigenvalue weighted by Gasteiger charge is 2.49. The molecule has 0 spiro atoms. The van der Waals surface area contributed by atoms with Gasteiger partial charge < -0.3 is 4.74 Å². The molecule has 1 aliphatic heterocycles. The number of ether oxygens (including phenoxy) is 1. The number of ketones is 1. The summed E-state index contributed by atoms with van der Waals surface area (Å²) in [7, 11) is 0. The van der Waals surface area contributed by atoms with Crippen LogP contribution in [0.2, 0.25) is 0 Å². The molecule has 0 amide bonds. The summed E-state index contributed by atoms with van der Waals surface area (Å²) in [5.74, 6) is -0.121. The SMILES string of the molecule is C=C1C[C@@]2(C)C(=O)CCC[C@@H]2OC1=O. The van der Waals surface area contributed by atoms with E-state index in [0.29, 0.717) is 18.4 Å². The van der Waals surface area contributed by atoms with Crippen LogP contribution in [0, 0.1) is 5.41 Å². The smallest absolute Gasteiger partial charge is 0.333 e. The predicted octanol–water partition coefficient (Wildman–Crippen LogP) is 1.62. The highest BCUT2D eigenvalue weighted by molar-refractivity contribution is 5.94. The van der Waals surface area contributed by atoms with Gasteiger partial charge in [-0.2, -0.15) is 0 Å². The Morgan fingerprint density at radius 2 is 2.21 bits per heavy atom. The number of Topliss-reactive ketones (excluding diaryl/α,β-unsaturated/α-hetero) is 1. The van der Waals surface area contributed by atoms with E-state index in [9.17, 15) is 9.59 Å². The van der Waals surface area contributed by atoms with Crippen molar-refractivity contribution in [3.63, 3.8) is 0 Å². The fraction of sp³-hybridized carbons (Fsp3) is 0.636. The lowest BCUT2D eigenvalue weighted by atomic mass is 9.67. The third kappa shape index (κ3) is 1.19. The normalized spacial score (nSPS) is 37.8. The van der Waals surface area contributed by atoms with Crippen molar-refractivity contribution in [3.05, 3.63) is 12.2 Å². The Balaban J connectivity index is 2.30. The lowest BCUT2D eigenvalue weighted by Crippen LogP contribution is -2.49. The van der Waals surface area contributed by atoms with Crippen molar-refractivity contribution in [2.24, 2.45) is 5.41 Å². The Bertz CT molecular complexity index is 318. The van der Waals surface area contributed by atoms with E-state index in [4.69, 9.17) is 4.74 Å². The molecule has 3 nitrogen and oxygen atoms in total. The minimum atomic E-state index is -0.497. The van der Waals surface area contributed by atoms with Crippen molar-refractivity contribution >= 4 is 11.8 Å². The zero-order chi connectivity index (χ0) is 10.3. The molecule has 0 bridgehead atoms. The third-order valence-corrected chi connectivity index (χ3v) is 3.34. The van der Waals surface area contributed by atoms with Crippen LogP contribution in [0.4, 0.5) is 0 Å². The fourth-order valence-corrected chi connectivity index (χ4v) is 2.36. The highest BCUT2D eigenvalue weighted by atomic mass is 16.5. The van der Waals surface area contributed by atoms with Gasteiger partial charge in [-0.3, -0.25) is 4.79 Å². The van der Waals surface area contributed by atoms with Crippen LogP contribution in [0.3, 0.4) is 0 Å². The Morgan fingerprint density at radius 3 is 2.93 bits per heavy atom. The van der Waals surface area contributed by atoms with Crippen LogP contribution in [0.25, 0.3) is 0 Å². The topological polar surface area (TPSA) is 43.4 Å². The number of hydrogen-bond donors (Lipinski definition) is 0. The van der Waals surface area contributed by atoms with E-state index in [1.807, 2.05) is 6.92 Å². The average Bonchev–Trinajstić information content (AvgIpc) is 2.11. The monoisotopic (exact) mass is 194 g/mol. The summed E-state index contributed by atoms with van der Waals surface area (Å²) in [5.41, 5.74) is -0.0672. The van der Waals surface area contributed by atoms with Gasteiger partial charge in [-0.25, -0.2) is 4.79 Å². The van der Waals surface area contributed by atoms with Gasteiger partial charge in [0.25, 0.3) is 0 Å². The summed E-state index contributed by atoms with van der Waals surface area (Å²) in [6.45, 7) is 5.52. The highest BCUT2D eigenvalue weighted by Crippen LogP contribution is 2.43. The van der Waals surface area contributed by atoms with Crippen LogP contribution in [0.15, 0.2) is 12.2 Å². The minimum absolute atomic E-state index is 0.211. The first-order valence-electron chi connectivity index (χ1n) is 4.96. The van der Waals surface area contributed by atoms with Gasteiger partial charge in [0, 0.05) is 12.0 Å². The van der Waals surface area contributed by atoms with Crippen molar-refractivity contribution < 1.29 is 14.3 Å². The van der Waals surface area contributed by atoms with Gasteiger partial charge in [-0.1, -0.05) is 6.58 Å². The zero-order valence-corrected chi connectivity index (χ0v) is 8.34. The largest absolute Gasteiger partial charge is 0.458 e. The minimum Gasteiger partial charge on any atom is -0.458 e. The molecule has 1 heterocycles. The second-order valence-electron chi connectivity index (χ2n) is 4.41. The standard InChI is InChI=1S/C11H14O3/c1-7-6-11(2)8(12)4-3-5-9(11)14-10(7)13/h9H,1,3-6H2,2H3/t9-,11-/m0/s1. The molecule has 1 saturated carbocycles. The van der Waals surface area contributed by atoms with Gasteiger partial charge in [0.1, 0.15) is 11.9 Å². The molecule has 1 saturated heterocycles. The van der Waals surface area contributed by atoms with E-state index in [2.05, 4.69) is 6.58 Å². The molecule has 3 heteroatoms. The van der Waals surface area contributed by atoms with Crippen LogP contribution in [0.5, 0.6) is 0 Å². The molecule has 0 radical (unpaired) electrons. The molecule has 0 aromatic rings. The number of carbonyl (C=O) groups excluding carboxylic acids is 2. The molecular formula is C11H14O3. The lowest BCUT2D eigenvalue weighted by molar-refractivity contribution is -0.166. The molecule has 1 aliphatic carbocycles. The second-order valence-corrected chi connectivity index (χ2v) is 4.41. The van der Waals surface area contributed by atoms with Gasteiger partial charge in [-0.05, 0) is 26.2 Å². The van der Waals surface area contributed by atoms with E-state index in [0.717, 1.165) is 12.8 Å². The van der Waals surface area contributed by atoms with Gasteiger partial charge in [0.2, 0.25) is 0 Å². The maximum Gasteiger partial charge on any atom is 0.333 e. The number of hydrogen-bond acceptors (Lipinski definition) is 3. The van der Waals surface area contributed by atoms with Gasteiger partial charge in [-0.15, -0.1) is 0 Å². The van der Waals surface area contributed by atoms with E-state index in [-0.39, 0.29) is 17.9 Å². The summed E-state index contributed by atoms with van der Waals surface area (Å²) < 4.78 is 5.22. The van der Waals surface area contributed by atoms with Crippen LogP contribution < -0.4 is 0 Å². The zero-order valence-electron chi connectivity index (χ0n) is 8.34. The van der Waals surface area contributed by atoms with E-state index in [1.165, 1.54) is 0 Å². The van der Waals surface area contributed by atoms with Crippen LogP contribution in [0.1, 0.15) is 32.6 Å². The molecule has 0 aromatic carbocycles. The molecular weight excluding hydrogens is 180 g/mol. The van der Waals surface area contributed by atoms with Crippen molar-refractivity contribution in [3.8, 4) is 0 Å². The molecule has 0 N–H and O–H groups in total. The van der Waals surface area contributed by atoms with Crippen molar-refractivity contribution in [2.75, 3.05) is 0 Å². The third-order valence-electron chi connectivity index (χ3n) is 3.34. The first-order valence-corrected chi connectivity index (χ1v) is 4.96. The van der Waals surface area contributed by atoms with Crippen LogP contribution in [-0.2, 0) is 14.3 Å². The van der Waals surface area contributed by atoms with Crippen molar-refractivity contribution in [1.29, 1.82) is 0 Å². The summed E-state index contributed by atoms with van der Waals surface area (Å²) >= 11 is 0. The van der Waals surface area contributed by atoms with E-state index >= 15 is 0 Å². The summed E-state index contributed by atoms with van der Waals surface area (Å²) in [6.07, 6.45) is 2.49. The van der Waals surface area contributed by atoms with E-state index < -0.39 is 5.41 Å². The van der Waals surface area contributed by atoms with Crippen molar-refractivity contribution in [1.82, 2.24) is 0 Å². The number of rotatable bonds is 0. The Labute approximate surface area is 83.1 Å². The van der Waals surface area contributed by atoms with Crippen LogP contribution >= 0.6 is 0 Å². The van der Waals surface area contributed by atoms with Gasteiger partial charge >= 0.3 is 5.97 Å². The first-order chi connectivity index (χ1) is 6.54. The summed E-state index contributed by atoms with van der Waals surface area (Å²) in [5, 5.41) is 0. The second kappa shape index (κ2) is 2.94. The summed E-state index contributed by atoms with van der Waals surface area (Å²) in [4.78, 5) is 23.0. The molecule has 14 heavy (non-hydrogen) atoms. The fourth-order valence-electron chi connectivity index (χ4n) is 2.36. The Kier molecular flexibility index (Phi) is 1.98. The van der Waals surface area contributed by atoms with Crippen molar-refractivity contribution in [2.45, 2.75) is 38.7 Å². The molecule has 76 valence electrons. The molecule has 2 rings (SSSR count). The number of carbonyl (C=O) groups is 2. The van der Waals surface area contributed by atoms with Gasteiger partial charge in [0.05, 0.1) is 5.41 Å². The van der Waals surface area contributed by atoms with E-state index in [1.54, 1.807) is 0 Å². The molecule has 0 aromatic heterocycles. The Hall–Kier alpha value is -1.12. The molecule has 2 fully saturated rings. The lowest BCUT2D eigenvalue weighted by Gasteiger charge is -2.42. The maximum absolute atomic E-state index is 11.8. The molecule has 2 aliphatic rings. The Morgan fingerprint density at radius 1 is 1.50 bits per heavy atom. The van der Waals surface area contributed by atoms with Gasteiger partial charge in [0.15, 0.2) is 0 Å². The summed E-state index contributed by atoms with van der Waals surface area (Å²) in [6, 6.07) is 0. The molecule has 0 unspecified atom stereocenters. The quantitative estimate of drug-likeness (QED) is 0.434. The predicted molar refractivity (Wildman–Crippen MR) is 50.6 cm³/mol. The maximum atomic E-state index is 11.8.